The van der Waals surface area contributed by atoms with Gasteiger partial charge in [-0.05, 0) is 31.0 Å². The van der Waals surface area contributed by atoms with E-state index in [-0.39, 0.29) is 17.6 Å². The van der Waals surface area contributed by atoms with Gasteiger partial charge in [-0.3, -0.25) is 9.59 Å². The van der Waals surface area contributed by atoms with Crippen LogP contribution in [-0.2, 0) is 9.53 Å². The predicted molar refractivity (Wildman–Crippen MR) is 74.6 cm³/mol. The number of fused-ring (bicyclic) bond motifs is 1. The molecule has 0 unspecified atom stereocenters. The minimum atomic E-state index is -0.217. The van der Waals surface area contributed by atoms with Gasteiger partial charge in [0.15, 0.2) is 0 Å². The van der Waals surface area contributed by atoms with Gasteiger partial charge < -0.3 is 15.0 Å². The van der Waals surface area contributed by atoms with Gasteiger partial charge in [-0.25, -0.2) is 4.98 Å². The number of aromatic nitrogens is 2. The Bertz CT molecular complexity index is 689. The van der Waals surface area contributed by atoms with Crippen LogP contribution >= 0.6 is 0 Å². The number of benzene rings is 1. The normalized spacial score (nSPS) is 18.3. The van der Waals surface area contributed by atoms with Crippen LogP contribution in [-0.4, -0.2) is 28.6 Å². The Kier molecular flexibility index (Phi) is 3.47. The highest BCUT2D eigenvalue weighted by molar-refractivity contribution is 5.93. The maximum absolute atomic E-state index is 11.9. The first-order chi connectivity index (χ1) is 9.72. The number of anilines is 1. The molecule has 0 saturated carbocycles. The fourth-order valence-corrected chi connectivity index (χ4v) is 2.37. The highest BCUT2D eigenvalue weighted by Crippen LogP contribution is 2.18. The molecule has 0 spiro atoms. The van der Waals surface area contributed by atoms with Crippen molar-refractivity contribution < 1.29 is 9.53 Å². The van der Waals surface area contributed by atoms with Crippen LogP contribution in [0.5, 0.6) is 0 Å². The lowest BCUT2D eigenvalue weighted by atomic mass is 10.1. The number of ether oxygens (including phenoxy) is 1. The fourth-order valence-electron chi connectivity index (χ4n) is 2.37. The first-order valence-electron chi connectivity index (χ1n) is 6.61. The van der Waals surface area contributed by atoms with Gasteiger partial charge in [0.1, 0.15) is 0 Å². The summed E-state index contributed by atoms with van der Waals surface area (Å²) in [5.41, 5.74) is 0.982. The minimum Gasteiger partial charge on any atom is -0.378 e. The molecule has 1 amide bonds. The Labute approximate surface area is 115 Å². The quantitative estimate of drug-likeness (QED) is 0.886. The molecule has 104 valence electrons. The highest BCUT2D eigenvalue weighted by atomic mass is 16.5. The summed E-state index contributed by atoms with van der Waals surface area (Å²) in [6.07, 6.45) is 3.66. The SMILES string of the molecule is O=C(C[C@@H]1CCCO1)Nc1ccc2nc[nH]c(=O)c2c1. The van der Waals surface area contributed by atoms with E-state index in [1.165, 1.54) is 6.33 Å². The van der Waals surface area contributed by atoms with E-state index in [1.807, 2.05) is 0 Å². The number of rotatable bonds is 3. The van der Waals surface area contributed by atoms with Crippen molar-refractivity contribution in [3.63, 3.8) is 0 Å². The second-order valence-corrected chi connectivity index (χ2v) is 4.85. The molecule has 1 aliphatic rings. The van der Waals surface area contributed by atoms with Crippen molar-refractivity contribution in [2.24, 2.45) is 0 Å². The molecule has 3 rings (SSSR count). The molecular weight excluding hydrogens is 258 g/mol. The Balaban J connectivity index is 1.75. The first kappa shape index (κ1) is 12.8. The van der Waals surface area contributed by atoms with E-state index in [9.17, 15) is 9.59 Å². The second-order valence-electron chi connectivity index (χ2n) is 4.85. The van der Waals surface area contributed by atoms with Gasteiger partial charge in [-0.2, -0.15) is 0 Å². The zero-order valence-corrected chi connectivity index (χ0v) is 10.9. The van der Waals surface area contributed by atoms with Gasteiger partial charge in [0.25, 0.3) is 5.56 Å². The molecule has 2 aromatic rings. The van der Waals surface area contributed by atoms with Crippen molar-refractivity contribution in [3.8, 4) is 0 Å². The van der Waals surface area contributed by atoms with Crippen LogP contribution in [0, 0.1) is 0 Å². The van der Waals surface area contributed by atoms with E-state index in [0.29, 0.717) is 23.0 Å². The number of aromatic amines is 1. The molecule has 1 aromatic heterocycles. The Hall–Kier alpha value is -2.21. The Morgan fingerprint density at radius 2 is 2.40 bits per heavy atom. The van der Waals surface area contributed by atoms with Gasteiger partial charge in [-0.15, -0.1) is 0 Å². The first-order valence-corrected chi connectivity index (χ1v) is 6.61. The summed E-state index contributed by atoms with van der Waals surface area (Å²) in [6, 6.07) is 5.09. The zero-order valence-electron chi connectivity index (χ0n) is 10.9. The maximum atomic E-state index is 11.9. The standard InChI is InChI=1S/C14H15N3O3/c18-13(7-10-2-1-5-20-10)17-9-3-4-12-11(6-9)14(19)16-8-15-12/h3-4,6,8,10H,1-2,5,7H2,(H,17,18)(H,15,16,19)/t10-/m0/s1. The number of nitrogens with one attached hydrogen (secondary N) is 2. The summed E-state index contributed by atoms with van der Waals surface area (Å²) in [4.78, 5) is 30.1. The summed E-state index contributed by atoms with van der Waals surface area (Å²) in [5.74, 6) is -0.100. The predicted octanol–water partition coefficient (Wildman–Crippen LogP) is 1.43. The molecule has 1 fully saturated rings. The maximum Gasteiger partial charge on any atom is 0.258 e. The van der Waals surface area contributed by atoms with E-state index >= 15 is 0 Å². The van der Waals surface area contributed by atoms with E-state index in [0.717, 1.165) is 19.4 Å². The van der Waals surface area contributed by atoms with Crippen molar-refractivity contribution >= 4 is 22.5 Å². The largest absolute Gasteiger partial charge is 0.378 e. The molecular formula is C14H15N3O3. The van der Waals surface area contributed by atoms with Crippen LogP contribution in [0.3, 0.4) is 0 Å². The molecule has 20 heavy (non-hydrogen) atoms. The van der Waals surface area contributed by atoms with Crippen molar-refractivity contribution in [3.05, 3.63) is 34.9 Å². The van der Waals surface area contributed by atoms with Crippen LogP contribution < -0.4 is 10.9 Å². The Morgan fingerprint density at radius 1 is 1.50 bits per heavy atom. The van der Waals surface area contributed by atoms with Crippen LogP contribution in [0.1, 0.15) is 19.3 Å². The lowest BCUT2D eigenvalue weighted by Gasteiger charge is -2.10. The number of hydrogen-bond acceptors (Lipinski definition) is 4. The van der Waals surface area contributed by atoms with Gasteiger partial charge in [0.2, 0.25) is 5.91 Å². The van der Waals surface area contributed by atoms with Crippen LogP contribution in [0.15, 0.2) is 29.3 Å². The highest BCUT2D eigenvalue weighted by Gasteiger charge is 2.19. The molecule has 2 heterocycles. The number of H-pyrrole nitrogens is 1. The average molecular weight is 273 g/mol. The van der Waals surface area contributed by atoms with Crippen LogP contribution in [0.4, 0.5) is 5.69 Å². The van der Waals surface area contributed by atoms with Crippen molar-refractivity contribution in [1.29, 1.82) is 0 Å². The van der Waals surface area contributed by atoms with Crippen LogP contribution in [0.25, 0.3) is 10.9 Å². The molecule has 1 saturated heterocycles. The number of nitrogens with zero attached hydrogens (tertiary/aromatic N) is 1. The fraction of sp³-hybridized carbons (Fsp3) is 0.357. The molecule has 1 aromatic carbocycles. The lowest BCUT2D eigenvalue weighted by molar-refractivity contribution is -0.118. The number of carbonyl (C=O) groups is 1. The van der Waals surface area contributed by atoms with Crippen molar-refractivity contribution in [2.45, 2.75) is 25.4 Å². The molecule has 0 bridgehead atoms. The third kappa shape index (κ3) is 2.70. The average Bonchev–Trinajstić information content (AvgIpc) is 2.92. The molecule has 1 aliphatic heterocycles. The van der Waals surface area contributed by atoms with Crippen LogP contribution in [0.2, 0.25) is 0 Å². The number of hydrogen-bond donors (Lipinski definition) is 2. The van der Waals surface area contributed by atoms with Crippen molar-refractivity contribution in [2.75, 3.05) is 11.9 Å². The molecule has 0 radical (unpaired) electrons. The van der Waals surface area contributed by atoms with Gasteiger partial charge in [0.05, 0.1) is 29.8 Å². The summed E-state index contributed by atoms with van der Waals surface area (Å²) < 4.78 is 5.42. The van der Waals surface area contributed by atoms with E-state index in [2.05, 4.69) is 15.3 Å². The smallest absolute Gasteiger partial charge is 0.258 e. The van der Waals surface area contributed by atoms with Gasteiger partial charge in [-0.1, -0.05) is 0 Å². The lowest BCUT2D eigenvalue weighted by Crippen LogP contribution is -2.19. The van der Waals surface area contributed by atoms with E-state index < -0.39 is 0 Å². The zero-order chi connectivity index (χ0) is 13.9. The third-order valence-corrected chi connectivity index (χ3v) is 3.36. The molecule has 0 aliphatic carbocycles. The van der Waals surface area contributed by atoms with Gasteiger partial charge >= 0.3 is 0 Å². The summed E-state index contributed by atoms with van der Waals surface area (Å²) in [6.45, 7) is 0.731. The van der Waals surface area contributed by atoms with Gasteiger partial charge in [0, 0.05) is 12.3 Å². The molecule has 6 heteroatoms. The Morgan fingerprint density at radius 3 is 3.20 bits per heavy atom. The second kappa shape index (κ2) is 5.42. The monoisotopic (exact) mass is 273 g/mol. The third-order valence-electron chi connectivity index (χ3n) is 3.36. The molecule has 1 atom stereocenters. The topological polar surface area (TPSA) is 84.1 Å². The molecule has 2 N–H and O–H groups in total. The summed E-state index contributed by atoms with van der Waals surface area (Å²) in [5, 5.41) is 3.25. The minimum absolute atomic E-state index is 0.0144. The van der Waals surface area contributed by atoms with Crippen molar-refractivity contribution in [1.82, 2.24) is 9.97 Å². The number of carbonyl (C=O) groups excluding carboxylic acids is 1. The summed E-state index contributed by atoms with van der Waals surface area (Å²) in [7, 11) is 0. The van der Waals surface area contributed by atoms with E-state index in [4.69, 9.17) is 4.74 Å². The summed E-state index contributed by atoms with van der Waals surface area (Å²) >= 11 is 0. The number of amides is 1. The van der Waals surface area contributed by atoms with E-state index in [1.54, 1.807) is 18.2 Å². The molecule has 6 nitrogen and oxygen atoms in total.